The van der Waals surface area contributed by atoms with E-state index in [4.69, 9.17) is 4.74 Å². The van der Waals surface area contributed by atoms with Gasteiger partial charge in [0.25, 0.3) is 5.91 Å². The van der Waals surface area contributed by atoms with Crippen LogP contribution in [-0.2, 0) is 11.2 Å². The summed E-state index contributed by atoms with van der Waals surface area (Å²) in [6.07, 6.45) is 0.501. The molecular weight excluding hydrogens is 304 g/mol. The molecule has 0 spiro atoms. The van der Waals surface area contributed by atoms with Gasteiger partial charge in [-0.2, -0.15) is 0 Å². The highest BCUT2D eigenvalue weighted by atomic mass is 16.5. The van der Waals surface area contributed by atoms with Crippen molar-refractivity contribution < 1.29 is 14.3 Å². The monoisotopic (exact) mass is 324 g/mol. The fraction of sp³-hybridized carbons (Fsp3) is 0.263. The fourth-order valence-electron chi connectivity index (χ4n) is 2.67. The molecule has 2 aromatic rings. The van der Waals surface area contributed by atoms with Crippen LogP contribution in [0.15, 0.2) is 54.6 Å². The van der Waals surface area contributed by atoms with Crippen LogP contribution in [0.1, 0.15) is 11.1 Å². The molecule has 3 rings (SSSR count). The van der Waals surface area contributed by atoms with Gasteiger partial charge in [0.05, 0.1) is 6.54 Å². The van der Waals surface area contributed by atoms with Gasteiger partial charge in [-0.3, -0.25) is 9.69 Å². The van der Waals surface area contributed by atoms with Crippen molar-refractivity contribution in [3.05, 3.63) is 65.7 Å². The molecule has 0 radical (unpaired) electrons. The summed E-state index contributed by atoms with van der Waals surface area (Å²) in [4.78, 5) is 25.6. The van der Waals surface area contributed by atoms with Crippen molar-refractivity contribution in [3.63, 3.8) is 0 Å². The molecule has 5 nitrogen and oxygen atoms in total. The van der Waals surface area contributed by atoms with Gasteiger partial charge in [-0.25, -0.2) is 4.79 Å². The first kappa shape index (κ1) is 16.1. The number of amides is 3. The summed E-state index contributed by atoms with van der Waals surface area (Å²) in [6, 6.07) is 16.5. The molecule has 1 fully saturated rings. The number of carbonyl (C=O) groups is 2. The Morgan fingerprint density at radius 1 is 1.04 bits per heavy atom. The first-order valence-corrected chi connectivity index (χ1v) is 7.99. The molecule has 1 unspecified atom stereocenters. The lowest BCUT2D eigenvalue weighted by atomic mass is 10.1. The third-order valence-electron chi connectivity index (χ3n) is 3.99. The van der Waals surface area contributed by atoms with Crippen molar-refractivity contribution in [2.75, 3.05) is 13.2 Å². The molecule has 1 saturated heterocycles. The summed E-state index contributed by atoms with van der Waals surface area (Å²) in [5.74, 6) is 0.532. The number of urea groups is 1. The lowest BCUT2D eigenvalue weighted by Crippen LogP contribution is -2.35. The molecule has 1 aliphatic heterocycles. The smallest absolute Gasteiger partial charge is 0.324 e. The van der Waals surface area contributed by atoms with E-state index in [1.54, 1.807) is 0 Å². The first-order chi connectivity index (χ1) is 11.6. The molecule has 1 heterocycles. The minimum atomic E-state index is -0.501. The lowest BCUT2D eigenvalue weighted by molar-refractivity contribution is -0.127. The molecule has 124 valence electrons. The quantitative estimate of drug-likeness (QED) is 0.831. The van der Waals surface area contributed by atoms with E-state index < -0.39 is 6.04 Å². The van der Waals surface area contributed by atoms with Gasteiger partial charge in [-0.05, 0) is 24.6 Å². The number of ether oxygens (including phenoxy) is 1. The Kier molecular flexibility index (Phi) is 4.79. The van der Waals surface area contributed by atoms with E-state index in [0.717, 1.165) is 16.9 Å². The van der Waals surface area contributed by atoms with Crippen molar-refractivity contribution in [1.29, 1.82) is 0 Å². The number of rotatable bonds is 6. The number of hydrogen-bond donors (Lipinski definition) is 1. The first-order valence-electron chi connectivity index (χ1n) is 7.99. The van der Waals surface area contributed by atoms with E-state index in [0.29, 0.717) is 6.42 Å². The molecule has 0 aromatic heterocycles. The predicted octanol–water partition coefficient (Wildman–Crippen LogP) is 2.54. The van der Waals surface area contributed by atoms with Crippen LogP contribution in [0, 0.1) is 6.92 Å². The van der Waals surface area contributed by atoms with Crippen molar-refractivity contribution in [2.45, 2.75) is 19.4 Å². The highest BCUT2D eigenvalue weighted by Crippen LogP contribution is 2.14. The largest absolute Gasteiger partial charge is 0.492 e. The van der Waals surface area contributed by atoms with E-state index >= 15 is 0 Å². The molecule has 0 saturated carbocycles. The summed E-state index contributed by atoms with van der Waals surface area (Å²) in [5.41, 5.74) is 2.18. The van der Waals surface area contributed by atoms with Crippen LogP contribution in [0.2, 0.25) is 0 Å². The molecule has 0 aliphatic carbocycles. The van der Waals surface area contributed by atoms with E-state index in [1.165, 1.54) is 4.90 Å². The highest BCUT2D eigenvalue weighted by Gasteiger charge is 2.37. The second-order valence-corrected chi connectivity index (χ2v) is 5.84. The van der Waals surface area contributed by atoms with Gasteiger partial charge in [-0.1, -0.05) is 48.0 Å². The summed E-state index contributed by atoms with van der Waals surface area (Å²) >= 11 is 0. The minimum Gasteiger partial charge on any atom is -0.492 e. The second-order valence-electron chi connectivity index (χ2n) is 5.84. The predicted molar refractivity (Wildman–Crippen MR) is 90.9 cm³/mol. The van der Waals surface area contributed by atoms with Gasteiger partial charge in [0.15, 0.2) is 0 Å². The SMILES string of the molecule is Cc1ccc(OCCN2C(=O)NC(Cc3ccccc3)C2=O)cc1. The van der Waals surface area contributed by atoms with Crippen LogP contribution >= 0.6 is 0 Å². The molecular formula is C19H20N2O3. The Morgan fingerprint density at radius 3 is 2.46 bits per heavy atom. The Hall–Kier alpha value is -2.82. The van der Waals surface area contributed by atoms with Crippen molar-refractivity contribution in [2.24, 2.45) is 0 Å². The van der Waals surface area contributed by atoms with Crippen molar-refractivity contribution >= 4 is 11.9 Å². The maximum atomic E-state index is 12.4. The summed E-state index contributed by atoms with van der Waals surface area (Å²) in [5, 5.41) is 2.74. The molecule has 2 aromatic carbocycles. The third-order valence-corrected chi connectivity index (χ3v) is 3.99. The van der Waals surface area contributed by atoms with Gasteiger partial charge in [0.2, 0.25) is 0 Å². The normalized spacial score (nSPS) is 17.0. The van der Waals surface area contributed by atoms with E-state index in [1.807, 2.05) is 61.5 Å². The van der Waals surface area contributed by atoms with Crippen molar-refractivity contribution in [3.8, 4) is 5.75 Å². The lowest BCUT2D eigenvalue weighted by Gasteiger charge is -2.14. The number of imide groups is 1. The van der Waals surface area contributed by atoms with Gasteiger partial charge in [0, 0.05) is 6.42 Å². The minimum absolute atomic E-state index is 0.198. The summed E-state index contributed by atoms with van der Waals surface area (Å²) < 4.78 is 5.60. The zero-order valence-corrected chi connectivity index (χ0v) is 13.6. The summed E-state index contributed by atoms with van der Waals surface area (Å²) in [7, 11) is 0. The molecule has 1 N–H and O–H groups in total. The van der Waals surface area contributed by atoms with Crippen molar-refractivity contribution in [1.82, 2.24) is 10.2 Å². The van der Waals surface area contributed by atoms with Gasteiger partial charge in [0.1, 0.15) is 18.4 Å². The molecule has 0 bridgehead atoms. The topological polar surface area (TPSA) is 58.6 Å². The van der Waals surface area contributed by atoms with Gasteiger partial charge in [-0.15, -0.1) is 0 Å². The molecule has 1 aliphatic rings. The number of carbonyl (C=O) groups excluding carboxylic acids is 2. The van der Waals surface area contributed by atoms with Crippen LogP contribution < -0.4 is 10.1 Å². The number of aryl methyl sites for hydroxylation is 1. The van der Waals surface area contributed by atoms with Gasteiger partial charge < -0.3 is 10.1 Å². The number of benzene rings is 2. The molecule has 3 amide bonds. The number of nitrogens with one attached hydrogen (secondary N) is 1. The number of hydrogen-bond acceptors (Lipinski definition) is 3. The number of nitrogens with zero attached hydrogens (tertiary/aromatic N) is 1. The standard InChI is InChI=1S/C19H20N2O3/c1-14-7-9-16(10-8-14)24-12-11-21-18(22)17(20-19(21)23)13-15-5-3-2-4-6-15/h2-10,17H,11-13H2,1H3,(H,20,23). The maximum absolute atomic E-state index is 12.4. The fourth-order valence-corrected chi connectivity index (χ4v) is 2.67. The average Bonchev–Trinajstić information content (AvgIpc) is 2.85. The van der Waals surface area contributed by atoms with E-state index in [2.05, 4.69) is 5.32 Å². The Bertz CT molecular complexity index is 713. The maximum Gasteiger partial charge on any atom is 0.324 e. The average molecular weight is 324 g/mol. The Labute approximate surface area is 141 Å². The third kappa shape index (κ3) is 3.74. The van der Waals surface area contributed by atoms with Crippen LogP contribution in [-0.4, -0.2) is 36.0 Å². The van der Waals surface area contributed by atoms with E-state index in [9.17, 15) is 9.59 Å². The molecule has 5 heteroatoms. The van der Waals surface area contributed by atoms with Crippen LogP contribution in [0.25, 0.3) is 0 Å². The zero-order valence-electron chi connectivity index (χ0n) is 13.6. The molecule has 1 atom stereocenters. The summed E-state index contributed by atoms with van der Waals surface area (Å²) in [6.45, 7) is 2.52. The van der Waals surface area contributed by atoms with E-state index in [-0.39, 0.29) is 25.1 Å². The van der Waals surface area contributed by atoms with Crippen LogP contribution in [0.3, 0.4) is 0 Å². The zero-order chi connectivity index (χ0) is 16.9. The Morgan fingerprint density at radius 2 is 1.75 bits per heavy atom. The van der Waals surface area contributed by atoms with Crippen LogP contribution in [0.4, 0.5) is 4.79 Å². The second kappa shape index (κ2) is 7.17. The van der Waals surface area contributed by atoms with Gasteiger partial charge >= 0.3 is 6.03 Å². The van der Waals surface area contributed by atoms with Crippen LogP contribution in [0.5, 0.6) is 5.75 Å². The Balaban J connectivity index is 1.53. The molecule has 24 heavy (non-hydrogen) atoms. The highest BCUT2D eigenvalue weighted by molar-refractivity contribution is 6.04.